The van der Waals surface area contributed by atoms with Gasteiger partial charge in [0.1, 0.15) is 18.1 Å². The Morgan fingerprint density at radius 1 is 1.09 bits per heavy atom. The van der Waals surface area contributed by atoms with Crippen molar-refractivity contribution in [2.45, 2.75) is 19.0 Å². The predicted molar refractivity (Wildman–Crippen MR) is 124 cm³/mol. The van der Waals surface area contributed by atoms with Gasteiger partial charge in [-0.25, -0.2) is 4.98 Å². The molecule has 7 nitrogen and oxygen atoms in total. The van der Waals surface area contributed by atoms with Crippen molar-refractivity contribution >= 4 is 17.4 Å². The molecule has 2 heterocycles. The van der Waals surface area contributed by atoms with Gasteiger partial charge in [0.25, 0.3) is 11.7 Å². The number of hydrogen-bond acceptors (Lipinski definition) is 5. The molecular formula is C26H25N3O4. The summed E-state index contributed by atoms with van der Waals surface area (Å²) in [4.78, 5) is 31.6. The molecule has 1 atom stereocenters. The Morgan fingerprint density at radius 3 is 2.52 bits per heavy atom. The first kappa shape index (κ1) is 22.1. The van der Waals surface area contributed by atoms with Crippen LogP contribution in [0.1, 0.15) is 23.6 Å². The minimum Gasteiger partial charge on any atom is -0.507 e. The van der Waals surface area contributed by atoms with Gasteiger partial charge in [-0.2, -0.15) is 0 Å². The molecule has 0 aliphatic carbocycles. The summed E-state index contributed by atoms with van der Waals surface area (Å²) >= 11 is 0. The monoisotopic (exact) mass is 443 g/mol. The Labute approximate surface area is 192 Å². The zero-order valence-electron chi connectivity index (χ0n) is 18.1. The van der Waals surface area contributed by atoms with Gasteiger partial charge in [-0.3, -0.25) is 9.59 Å². The second-order valence-electron chi connectivity index (χ2n) is 7.68. The maximum Gasteiger partial charge on any atom is 0.295 e. The highest BCUT2D eigenvalue weighted by Gasteiger charge is 2.45. The normalized spacial score (nSPS) is 17.3. The van der Waals surface area contributed by atoms with Gasteiger partial charge in [0.2, 0.25) is 0 Å². The number of aliphatic hydroxyl groups excluding tert-OH is 1. The molecule has 2 aromatic carbocycles. The van der Waals surface area contributed by atoms with Crippen molar-refractivity contribution in [1.82, 2.24) is 14.5 Å². The van der Waals surface area contributed by atoms with Crippen LogP contribution in [0, 0.1) is 0 Å². The molecule has 4 rings (SSSR count). The number of Topliss-reactive ketones (excluding diaryl/α,β-unsaturated/α-hetero) is 1. The van der Waals surface area contributed by atoms with Crippen LogP contribution in [-0.4, -0.2) is 44.4 Å². The van der Waals surface area contributed by atoms with E-state index in [2.05, 4.69) is 11.6 Å². The van der Waals surface area contributed by atoms with Gasteiger partial charge in [-0.1, -0.05) is 43.0 Å². The van der Waals surface area contributed by atoms with Gasteiger partial charge in [0, 0.05) is 31.0 Å². The second-order valence-corrected chi connectivity index (χ2v) is 7.68. The highest BCUT2D eigenvalue weighted by Crippen LogP contribution is 2.39. The molecule has 168 valence electrons. The lowest BCUT2D eigenvalue weighted by Crippen LogP contribution is -2.31. The number of aryl methyl sites for hydroxylation is 1. The third-order valence-electron chi connectivity index (χ3n) is 5.53. The van der Waals surface area contributed by atoms with Crippen LogP contribution < -0.4 is 4.74 Å². The molecule has 1 N–H and O–H groups in total. The Kier molecular flexibility index (Phi) is 6.69. The van der Waals surface area contributed by atoms with Crippen molar-refractivity contribution in [2.24, 2.45) is 0 Å². The molecule has 3 aromatic rings. The molecule has 1 fully saturated rings. The van der Waals surface area contributed by atoms with Crippen molar-refractivity contribution in [3.05, 3.63) is 103 Å². The van der Waals surface area contributed by atoms with Crippen molar-refractivity contribution in [2.75, 3.05) is 13.2 Å². The van der Waals surface area contributed by atoms with Gasteiger partial charge in [-0.05, 0) is 36.2 Å². The molecule has 1 aliphatic heterocycles. The minimum atomic E-state index is -0.684. The number of carbonyl (C=O) groups excluding carboxylic acids is 2. The smallest absolute Gasteiger partial charge is 0.295 e. The third kappa shape index (κ3) is 4.72. The van der Waals surface area contributed by atoms with E-state index in [1.807, 2.05) is 41.1 Å². The number of rotatable bonds is 9. The van der Waals surface area contributed by atoms with E-state index in [0.717, 1.165) is 5.56 Å². The quantitative estimate of drug-likeness (QED) is 0.234. The van der Waals surface area contributed by atoms with E-state index in [9.17, 15) is 14.7 Å². The summed E-state index contributed by atoms with van der Waals surface area (Å²) in [7, 11) is 0. The van der Waals surface area contributed by atoms with Crippen LogP contribution in [0.3, 0.4) is 0 Å². The molecule has 1 saturated heterocycles. The molecule has 1 amide bonds. The van der Waals surface area contributed by atoms with Crippen LogP contribution in [-0.2, 0) is 16.1 Å². The summed E-state index contributed by atoms with van der Waals surface area (Å²) in [6.07, 6.45) is 7.55. The summed E-state index contributed by atoms with van der Waals surface area (Å²) in [5.74, 6) is -0.876. The van der Waals surface area contributed by atoms with Crippen molar-refractivity contribution < 1.29 is 19.4 Å². The number of ketones is 1. The average Bonchev–Trinajstić information content (AvgIpc) is 3.45. The lowest BCUT2D eigenvalue weighted by molar-refractivity contribution is -0.139. The highest BCUT2D eigenvalue weighted by atomic mass is 16.5. The fourth-order valence-electron chi connectivity index (χ4n) is 3.95. The average molecular weight is 444 g/mol. The molecule has 1 unspecified atom stereocenters. The fraction of sp³-hybridized carbons (Fsp3) is 0.192. The molecular weight excluding hydrogens is 418 g/mol. The molecule has 33 heavy (non-hydrogen) atoms. The lowest BCUT2D eigenvalue weighted by atomic mass is 9.95. The van der Waals surface area contributed by atoms with Crippen LogP contribution in [0.2, 0.25) is 0 Å². The minimum absolute atomic E-state index is 0.0913. The first-order valence-corrected chi connectivity index (χ1v) is 10.7. The lowest BCUT2D eigenvalue weighted by Gasteiger charge is -2.25. The predicted octanol–water partition coefficient (Wildman–Crippen LogP) is 3.96. The van der Waals surface area contributed by atoms with E-state index in [1.165, 1.54) is 0 Å². The van der Waals surface area contributed by atoms with E-state index in [1.54, 1.807) is 47.8 Å². The van der Waals surface area contributed by atoms with Crippen molar-refractivity contribution in [1.29, 1.82) is 0 Å². The number of likely N-dealkylation sites (tertiary alicyclic amines) is 1. The Bertz CT molecular complexity index is 1150. The van der Waals surface area contributed by atoms with Crippen LogP contribution in [0.25, 0.3) is 5.76 Å². The molecule has 0 saturated carbocycles. The summed E-state index contributed by atoms with van der Waals surface area (Å²) in [5.41, 5.74) is 1.30. The van der Waals surface area contributed by atoms with Crippen LogP contribution >= 0.6 is 0 Å². The van der Waals surface area contributed by atoms with Gasteiger partial charge in [0.05, 0.1) is 17.9 Å². The molecule has 0 bridgehead atoms. The molecule has 1 aliphatic rings. The largest absolute Gasteiger partial charge is 0.507 e. The zero-order chi connectivity index (χ0) is 23.2. The molecule has 0 radical (unpaired) electrons. The molecule has 0 spiro atoms. The summed E-state index contributed by atoms with van der Waals surface area (Å²) < 4.78 is 7.41. The summed E-state index contributed by atoms with van der Waals surface area (Å²) in [6, 6.07) is 15.4. The van der Waals surface area contributed by atoms with Crippen molar-refractivity contribution in [3.63, 3.8) is 0 Å². The Hall–Kier alpha value is -4.13. The summed E-state index contributed by atoms with van der Waals surface area (Å²) in [5, 5.41) is 11.1. The second kappa shape index (κ2) is 9.99. The standard InChI is InChI=1S/C26H25N3O4/c1-2-17-33-21-11-9-20(10-12-21)24(30)22-23(19-7-4-3-5-8-19)29(26(32)25(22)31)15-6-14-28-16-13-27-18-28/h2-5,7-13,16,18,23,30H,1,6,14-15,17H2. The number of ether oxygens (including phenoxy) is 1. The van der Waals surface area contributed by atoms with E-state index in [4.69, 9.17) is 4.74 Å². The van der Waals surface area contributed by atoms with E-state index < -0.39 is 17.7 Å². The van der Waals surface area contributed by atoms with E-state index in [-0.39, 0.29) is 11.3 Å². The number of carbonyl (C=O) groups is 2. The molecule has 1 aromatic heterocycles. The van der Waals surface area contributed by atoms with Gasteiger partial charge >= 0.3 is 0 Å². The third-order valence-corrected chi connectivity index (χ3v) is 5.53. The number of nitrogens with zero attached hydrogens (tertiary/aromatic N) is 3. The number of amides is 1. The van der Waals surface area contributed by atoms with Gasteiger partial charge in [0.15, 0.2) is 0 Å². The maximum absolute atomic E-state index is 13.1. The number of imidazole rings is 1. The maximum atomic E-state index is 13.1. The van der Waals surface area contributed by atoms with E-state index >= 15 is 0 Å². The number of hydrogen-bond donors (Lipinski definition) is 1. The summed E-state index contributed by atoms with van der Waals surface area (Å²) in [6.45, 7) is 5.01. The Morgan fingerprint density at radius 2 is 1.85 bits per heavy atom. The van der Waals surface area contributed by atoms with E-state index in [0.29, 0.717) is 37.4 Å². The van der Waals surface area contributed by atoms with Gasteiger partial charge < -0.3 is 19.3 Å². The number of aliphatic hydroxyl groups is 1. The van der Waals surface area contributed by atoms with Gasteiger partial charge in [-0.15, -0.1) is 0 Å². The number of benzene rings is 2. The first-order valence-electron chi connectivity index (χ1n) is 10.7. The SMILES string of the molecule is C=CCOc1ccc(C(O)=C2C(=O)C(=O)N(CCCn3ccnc3)C2c2ccccc2)cc1. The van der Waals surface area contributed by atoms with Crippen LogP contribution in [0.5, 0.6) is 5.75 Å². The Balaban J connectivity index is 1.66. The van der Waals surface area contributed by atoms with Crippen LogP contribution in [0.4, 0.5) is 0 Å². The number of aromatic nitrogens is 2. The fourth-order valence-corrected chi connectivity index (χ4v) is 3.95. The molecule has 7 heteroatoms. The first-order chi connectivity index (χ1) is 16.1. The highest BCUT2D eigenvalue weighted by molar-refractivity contribution is 6.46. The van der Waals surface area contributed by atoms with Crippen LogP contribution in [0.15, 0.2) is 91.5 Å². The zero-order valence-corrected chi connectivity index (χ0v) is 18.1. The van der Waals surface area contributed by atoms with Crippen molar-refractivity contribution in [3.8, 4) is 5.75 Å². The topological polar surface area (TPSA) is 84.7 Å².